The molecule has 1 aromatic heterocycles. The van der Waals surface area contributed by atoms with Gasteiger partial charge in [0.2, 0.25) is 0 Å². The molecule has 0 bridgehead atoms. The summed E-state index contributed by atoms with van der Waals surface area (Å²) >= 11 is 1.75. The minimum Gasteiger partial charge on any atom is -0.453 e. The minimum absolute atomic E-state index is 0.863. The Labute approximate surface area is 222 Å². The monoisotopic (exact) mass is 505 g/mol. The zero-order valence-electron chi connectivity index (χ0n) is 21.1. The summed E-state index contributed by atoms with van der Waals surface area (Å²) in [5, 5.41) is 4.81. The van der Waals surface area contributed by atoms with E-state index in [4.69, 9.17) is 9.72 Å². The van der Waals surface area contributed by atoms with E-state index in [-0.39, 0.29) is 0 Å². The molecule has 2 heterocycles. The van der Waals surface area contributed by atoms with Crippen LogP contribution in [0.5, 0.6) is 11.5 Å². The highest BCUT2D eigenvalue weighted by molar-refractivity contribution is 7.21. The van der Waals surface area contributed by atoms with Gasteiger partial charge in [-0.2, -0.15) is 0 Å². The Kier molecular flexibility index (Phi) is 6.78. The predicted octanol–water partition coefficient (Wildman–Crippen LogP) is 9.92. The lowest BCUT2D eigenvalue weighted by Gasteiger charge is -2.33. The van der Waals surface area contributed by atoms with Crippen molar-refractivity contribution >= 4 is 44.3 Å². The van der Waals surface area contributed by atoms with Crippen molar-refractivity contribution in [2.45, 2.75) is 39.0 Å². The van der Waals surface area contributed by atoms with Crippen LogP contribution < -0.4 is 15.0 Å². The van der Waals surface area contributed by atoms with Crippen LogP contribution in [0.2, 0.25) is 0 Å². The molecule has 0 saturated heterocycles. The Morgan fingerprint density at radius 1 is 0.784 bits per heavy atom. The number of hydrogen-bond donors (Lipinski definition) is 1. The number of thiazole rings is 1. The highest BCUT2D eigenvalue weighted by Gasteiger charge is 2.26. The molecule has 0 unspecified atom stereocenters. The zero-order chi connectivity index (χ0) is 25.0. The number of rotatable bonds is 9. The van der Waals surface area contributed by atoms with Crippen LogP contribution in [0.1, 0.15) is 39.0 Å². The highest BCUT2D eigenvalue weighted by atomic mass is 32.1. The number of aromatic nitrogens is 1. The Morgan fingerprint density at radius 3 is 2.24 bits per heavy atom. The second kappa shape index (κ2) is 10.7. The third kappa shape index (κ3) is 4.79. The molecule has 0 amide bonds. The van der Waals surface area contributed by atoms with E-state index in [9.17, 15) is 0 Å². The molecular formula is C32H31N3OS. The first-order valence-corrected chi connectivity index (χ1v) is 14.0. The van der Waals surface area contributed by atoms with E-state index in [0.717, 1.165) is 63.3 Å². The molecule has 0 spiro atoms. The highest BCUT2D eigenvalue weighted by Crippen LogP contribution is 2.51. The lowest BCUT2D eigenvalue weighted by molar-refractivity contribution is 0.477. The van der Waals surface area contributed by atoms with E-state index in [1.807, 2.05) is 24.3 Å². The van der Waals surface area contributed by atoms with Crippen molar-refractivity contribution in [3.8, 4) is 22.1 Å². The lowest BCUT2D eigenvalue weighted by Crippen LogP contribution is -2.16. The number of nitrogens with zero attached hydrogens (tertiary/aromatic N) is 2. The normalized spacial score (nSPS) is 12.2. The molecule has 1 aliphatic rings. The fraction of sp³-hybridized carbons (Fsp3) is 0.219. The maximum Gasteiger partial charge on any atom is 0.151 e. The van der Waals surface area contributed by atoms with E-state index >= 15 is 0 Å². The van der Waals surface area contributed by atoms with Gasteiger partial charge in [0, 0.05) is 23.5 Å². The number of unbranched alkanes of at least 4 members (excludes halogenated alkanes) is 4. The second-order valence-corrected chi connectivity index (χ2v) is 10.5. The summed E-state index contributed by atoms with van der Waals surface area (Å²) in [4.78, 5) is 7.27. The smallest absolute Gasteiger partial charge is 0.151 e. The summed E-state index contributed by atoms with van der Waals surface area (Å²) in [6.07, 6.45) is 6.28. The number of anilines is 4. The van der Waals surface area contributed by atoms with E-state index in [1.54, 1.807) is 11.3 Å². The average Bonchev–Trinajstić information content (AvgIpc) is 3.37. The van der Waals surface area contributed by atoms with Crippen molar-refractivity contribution in [3.63, 3.8) is 0 Å². The fourth-order valence-electron chi connectivity index (χ4n) is 4.93. The second-order valence-electron chi connectivity index (χ2n) is 9.43. The third-order valence-electron chi connectivity index (χ3n) is 6.81. The standard InChI is InChI=1S/C32H31N3OS/c1-2-3-4-5-12-21-33-26-22-23(19-20-24(26)32-34-25-13-6-11-18-31(25)37-32)35-27-14-7-9-16-29(27)36-30-17-10-8-15-28(30)35/h6-11,13-20,22,33H,2-5,12,21H2,1H3. The molecule has 0 saturated carbocycles. The maximum absolute atomic E-state index is 6.23. The SMILES string of the molecule is CCCCCCCNc1cc(N2c3ccccc3Oc3ccccc32)ccc1-c1nc2ccccc2s1. The molecule has 4 nitrogen and oxygen atoms in total. The van der Waals surface area contributed by atoms with Crippen LogP contribution in [0.15, 0.2) is 91.0 Å². The van der Waals surface area contributed by atoms with Gasteiger partial charge >= 0.3 is 0 Å². The summed E-state index contributed by atoms with van der Waals surface area (Å²) in [5.41, 5.74) is 6.50. The Bertz CT molecular complexity index is 1450. The summed E-state index contributed by atoms with van der Waals surface area (Å²) in [7, 11) is 0. The van der Waals surface area contributed by atoms with Crippen LogP contribution in [0.3, 0.4) is 0 Å². The van der Waals surface area contributed by atoms with Crippen LogP contribution in [-0.4, -0.2) is 11.5 Å². The summed E-state index contributed by atoms with van der Waals surface area (Å²) in [5.74, 6) is 1.73. The van der Waals surface area contributed by atoms with Crippen LogP contribution in [0.25, 0.3) is 20.8 Å². The summed E-state index contributed by atoms with van der Waals surface area (Å²) in [6.45, 7) is 3.21. The first kappa shape index (κ1) is 23.6. The molecule has 5 aromatic rings. The number of ether oxygens (including phenoxy) is 1. The molecule has 1 N–H and O–H groups in total. The average molecular weight is 506 g/mol. The van der Waals surface area contributed by atoms with E-state index in [2.05, 4.69) is 83.9 Å². The van der Waals surface area contributed by atoms with Gasteiger partial charge in [0.25, 0.3) is 0 Å². The van der Waals surface area contributed by atoms with Gasteiger partial charge in [-0.05, 0) is 61.0 Å². The topological polar surface area (TPSA) is 37.4 Å². The van der Waals surface area contributed by atoms with Crippen LogP contribution in [0.4, 0.5) is 22.7 Å². The molecule has 186 valence electrons. The van der Waals surface area contributed by atoms with Crippen molar-refractivity contribution in [3.05, 3.63) is 91.0 Å². The fourth-order valence-corrected chi connectivity index (χ4v) is 5.93. The number of fused-ring (bicyclic) bond motifs is 3. The molecule has 1 aliphatic heterocycles. The van der Waals surface area contributed by atoms with Gasteiger partial charge in [-0.15, -0.1) is 11.3 Å². The van der Waals surface area contributed by atoms with Gasteiger partial charge in [-0.25, -0.2) is 4.98 Å². The predicted molar refractivity (Wildman–Crippen MR) is 157 cm³/mol. The van der Waals surface area contributed by atoms with Crippen molar-refractivity contribution in [1.82, 2.24) is 4.98 Å². The minimum atomic E-state index is 0.863. The molecular weight excluding hydrogens is 474 g/mol. The van der Waals surface area contributed by atoms with E-state index < -0.39 is 0 Å². The van der Waals surface area contributed by atoms with Crippen molar-refractivity contribution < 1.29 is 4.74 Å². The van der Waals surface area contributed by atoms with Gasteiger partial charge in [0.05, 0.1) is 21.6 Å². The number of nitrogens with one attached hydrogen (secondary N) is 1. The Balaban J connectivity index is 1.40. The van der Waals surface area contributed by atoms with E-state index in [0.29, 0.717) is 0 Å². The lowest BCUT2D eigenvalue weighted by atomic mass is 10.1. The third-order valence-corrected chi connectivity index (χ3v) is 7.88. The molecule has 5 heteroatoms. The first-order chi connectivity index (χ1) is 18.3. The zero-order valence-corrected chi connectivity index (χ0v) is 21.9. The van der Waals surface area contributed by atoms with Crippen LogP contribution in [-0.2, 0) is 0 Å². The van der Waals surface area contributed by atoms with Gasteiger partial charge in [-0.3, -0.25) is 0 Å². The molecule has 0 atom stereocenters. The number of para-hydroxylation sites is 5. The van der Waals surface area contributed by atoms with Gasteiger partial charge in [-0.1, -0.05) is 69.0 Å². The summed E-state index contributed by atoms with van der Waals surface area (Å²) in [6, 6.07) is 31.5. The molecule has 4 aromatic carbocycles. The first-order valence-electron chi connectivity index (χ1n) is 13.2. The number of hydrogen-bond acceptors (Lipinski definition) is 5. The Hall–Kier alpha value is -3.83. The van der Waals surface area contributed by atoms with Crippen LogP contribution >= 0.6 is 11.3 Å². The van der Waals surface area contributed by atoms with Crippen molar-refractivity contribution in [2.24, 2.45) is 0 Å². The van der Waals surface area contributed by atoms with Crippen molar-refractivity contribution in [2.75, 3.05) is 16.8 Å². The molecule has 37 heavy (non-hydrogen) atoms. The molecule has 6 rings (SSSR count). The van der Waals surface area contributed by atoms with Gasteiger partial charge in [0.1, 0.15) is 5.01 Å². The van der Waals surface area contributed by atoms with Gasteiger partial charge in [0.15, 0.2) is 11.5 Å². The quantitative estimate of drug-likeness (QED) is 0.198. The molecule has 0 fully saturated rings. The van der Waals surface area contributed by atoms with Gasteiger partial charge < -0.3 is 15.0 Å². The van der Waals surface area contributed by atoms with Crippen molar-refractivity contribution in [1.29, 1.82) is 0 Å². The van der Waals surface area contributed by atoms with Crippen LogP contribution in [0, 0.1) is 0 Å². The number of benzene rings is 4. The van der Waals surface area contributed by atoms with E-state index in [1.165, 1.54) is 30.4 Å². The summed E-state index contributed by atoms with van der Waals surface area (Å²) < 4.78 is 7.44. The molecule has 0 aliphatic carbocycles. The largest absolute Gasteiger partial charge is 0.453 e. The maximum atomic E-state index is 6.23. The Morgan fingerprint density at radius 2 is 1.49 bits per heavy atom. The molecule has 0 radical (unpaired) electrons.